The summed E-state index contributed by atoms with van der Waals surface area (Å²) in [6.07, 6.45) is 0. The highest BCUT2D eigenvalue weighted by molar-refractivity contribution is 5.90. The maximum atomic E-state index is 4.66. The fraction of sp³-hybridized carbons (Fsp3) is 0.547. The Labute approximate surface area is 565 Å². The number of aromatic nitrogens is 20. The third-order valence-corrected chi connectivity index (χ3v) is 17.9. The summed E-state index contributed by atoms with van der Waals surface area (Å²) in [7, 11) is 0. The molecule has 0 spiro atoms. The van der Waals surface area contributed by atoms with Crippen LogP contribution in [0.5, 0.6) is 0 Å². The summed E-state index contributed by atoms with van der Waals surface area (Å²) in [6.45, 7) is 71.3. The van der Waals surface area contributed by atoms with E-state index in [1.165, 1.54) is 55.4 Å². The van der Waals surface area contributed by atoms with Crippen LogP contribution >= 0.6 is 0 Å². The number of fused-ring (bicyclic) bond motifs is 6. The van der Waals surface area contributed by atoms with E-state index in [0.29, 0.717) is 36.3 Å². The van der Waals surface area contributed by atoms with E-state index in [1.54, 1.807) is 0 Å². The smallest absolute Gasteiger partial charge is 0.164 e. The van der Waals surface area contributed by atoms with Gasteiger partial charge in [0.05, 0.1) is 61.8 Å². The molecule has 12 aromatic heterocycles. The van der Waals surface area contributed by atoms with Crippen LogP contribution in [0.1, 0.15) is 252 Å². The molecule has 20 heteroatoms. The largest absolute Gasteiger partial charge is 0.342 e. The van der Waals surface area contributed by atoms with E-state index in [0.717, 1.165) is 136 Å². The molecule has 512 valence electrons. The molecule has 0 bridgehead atoms. The Kier molecular flexibility index (Phi) is 23.6. The van der Waals surface area contributed by atoms with E-state index in [4.69, 9.17) is 0 Å². The van der Waals surface area contributed by atoms with Crippen LogP contribution in [-0.2, 0) is 0 Å². The lowest BCUT2D eigenvalue weighted by molar-refractivity contribution is 0.542. The fourth-order valence-electron chi connectivity index (χ4n) is 13.5. The standard InChI is InChI=1S/C15H22N2.2C13H19N3.3C11H16N4.CH4/c1-8(2)17-13(7)10(4)14-12(6)16-11(5)9(3)15(14)17;1-7(2)16-10(5)8(3)12-9(4)14-11(6)15-13(12)16;1-7(2)16-11(6)15-12-10(5)14-9(4)8(3)13(12)16;1-6(2)15-9(5)14-10-7(3)12-8(4)13-11(10)15;1-6(2)15-9(5)12-10-7(3)13-14-8(4)11(10)15;1-6(2)15-11-10(8(4)14-15)7(3)12-9(5)13-11;/h8H,1-7H3;2*7H,1-6H3;3*6H,1-5H3;1H4. The van der Waals surface area contributed by atoms with Crippen LogP contribution in [0, 0.1) is 152 Å². The van der Waals surface area contributed by atoms with Gasteiger partial charge in [-0.25, -0.2) is 49.5 Å². The number of aryl methyl sites for hydroxylation is 20. The fourth-order valence-corrected chi connectivity index (χ4v) is 13.5. The first-order chi connectivity index (χ1) is 43.7. The number of pyridine rings is 2. The lowest BCUT2D eigenvalue weighted by Crippen LogP contribution is -2.05. The van der Waals surface area contributed by atoms with Gasteiger partial charge in [0.1, 0.15) is 57.1 Å². The molecule has 0 saturated heterocycles. The van der Waals surface area contributed by atoms with Gasteiger partial charge in [-0.15, -0.1) is 0 Å². The third-order valence-electron chi connectivity index (χ3n) is 17.9. The first-order valence-electron chi connectivity index (χ1n) is 33.4. The van der Waals surface area contributed by atoms with Crippen LogP contribution in [0.3, 0.4) is 0 Å². The minimum Gasteiger partial charge on any atom is -0.342 e. The number of nitrogens with zero attached hydrogens (tertiary/aromatic N) is 20. The van der Waals surface area contributed by atoms with Gasteiger partial charge in [-0.1, -0.05) is 7.43 Å². The monoisotopic (exact) mass is 1290 g/mol. The van der Waals surface area contributed by atoms with E-state index in [-0.39, 0.29) is 7.43 Å². The highest BCUT2D eigenvalue weighted by Crippen LogP contribution is 2.34. The Morgan fingerprint density at radius 1 is 0.242 bits per heavy atom. The Morgan fingerprint density at radius 2 is 0.611 bits per heavy atom. The molecule has 0 atom stereocenters. The van der Waals surface area contributed by atoms with E-state index < -0.39 is 0 Å². The van der Waals surface area contributed by atoms with E-state index >= 15 is 0 Å². The number of hydrogen-bond donors (Lipinski definition) is 0. The summed E-state index contributed by atoms with van der Waals surface area (Å²) in [6, 6.07) is 2.47. The Hall–Kier alpha value is -8.42. The van der Waals surface area contributed by atoms with Crippen molar-refractivity contribution in [2.75, 3.05) is 0 Å². The lowest BCUT2D eigenvalue weighted by atomic mass is 10.1. The molecule has 0 fully saturated rings. The zero-order chi connectivity index (χ0) is 70.5. The molecule has 12 heterocycles. The zero-order valence-electron chi connectivity index (χ0n) is 63.4. The molecular weight excluding hydrogens is 1180 g/mol. The molecular formula is C75H112N20. The summed E-state index contributed by atoms with van der Waals surface area (Å²) in [4.78, 5) is 49.6. The predicted molar refractivity (Wildman–Crippen MR) is 394 cm³/mol. The van der Waals surface area contributed by atoms with Crippen molar-refractivity contribution in [1.82, 2.24) is 97.6 Å². The summed E-state index contributed by atoms with van der Waals surface area (Å²) in [5.74, 6) is 5.57. The average Bonchev–Trinajstić information content (AvgIpc) is 1.63. The van der Waals surface area contributed by atoms with Gasteiger partial charge >= 0.3 is 0 Å². The van der Waals surface area contributed by atoms with Crippen molar-refractivity contribution in [2.45, 2.75) is 279 Å². The van der Waals surface area contributed by atoms with Crippen molar-refractivity contribution < 1.29 is 0 Å². The van der Waals surface area contributed by atoms with Gasteiger partial charge in [-0.05, 0) is 258 Å². The molecule has 12 aromatic rings. The molecule has 20 nitrogen and oxygen atoms in total. The summed E-state index contributed by atoms with van der Waals surface area (Å²) in [5, 5.41) is 16.4. The molecule has 0 unspecified atom stereocenters. The van der Waals surface area contributed by atoms with Crippen molar-refractivity contribution in [3.63, 3.8) is 0 Å². The first kappa shape index (κ1) is 75.6. The highest BCUT2D eigenvalue weighted by Gasteiger charge is 2.22. The molecule has 0 radical (unpaired) electrons. The van der Waals surface area contributed by atoms with E-state index in [9.17, 15) is 0 Å². The van der Waals surface area contributed by atoms with Gasteiger partial charge in [0.2, 0.25) is 0 Å². The Morgan fingerprint density at radius 3 is 1.12 bits per heavy atom. The van der Waals surface area contributed by atoms with Crippen molar-refractivity contribution in [1.29, 1.82) is 0 Å². The molecule has 95 heavy (non-hydrogen) atoms. The van der Waals surface area contributed by atoms with E-state index in [1.807, 2.05) is 80.8 Å². The maximum Gasteiger partial charge on any atom is 0.164 e. The second-order valence-electron chi connectivity index (χ2n) is 27.3. The molecule has 0 aliphatic carbocycles. The highest BCUT2D eigenvalue weighted by atomic mass is 15.3. The topological polar surface area (TPSA) is 210 Å². The van der Waals surface area contributed by atoms with Crippen LogP contribution in [-0.4, -0.2) is 97.6 Å². The van der Waals surface area contributed by atoms with Gasteiger partial charge in [-0.3, -0.25) is 9.97 Å². The van der Waals surface area contributed by atoms with Gasteiger partial charge in [0, 0.05) is 75.5 Å². The van der Waals surface area contributed by atoms with Gasteiger partial charge in [-0.2, -0.15) is 15.3 Å². The minimum atomic E-state index is 0. The van der Waals surface area contributed by atoms with Crippen molar-refractivity contribution in [2.24, 2.45) is 0 Å². The summed E-state index contributed by atoms with van der Waals surface area (Å²) >= 11 is 0. The molecule has 0 saturated carbocycles. The SMILES string of the molecule is C.Cc1nc(C)c2c(C)c(C)n(C(C)C)c2c1C.Cc1nc(C)c2c(C)c(C)n(C(C)C)c2n1.Cc1nc(C)c2c(C)nn(C(C)C)c2n1.Cc1nc(C)c2nc(C)n(C(C)C)c2c1C.Cc1nc(C)c2nc(C)n(C(C)C)c2n1.Cc1nnc(C)c2c1nc(C)n2C(C)C. The molecule has 0 aromatic carbocycles. The zero-order valence-corrected chi connectivity index (χ0v) is 63.4. The summed E-state index contributed by atoms with van der Waals surface area (Å²) < 4.78 is 13.4. The number of imidazole rings is 3. The lowest BCUT2D eigenvalue weighted by Gasteiger charge is -2.15. The maximum absolute atomic E-state index is 4.66. The molecule has 0 amide bonds. The van der Waals surface area contributed by atoms with Crippen LogP contribution in [0.4, 0.5) is 0 Å². The average molecular weight is 1290 g/mol. The second kappa shape index (κ2) is 29.7. The molecule has 0 aliphatic rings. The van der Waals surface area contributed by atoms with Crippen LogP contribution < -0.4 is 0 Å². The molecule has 12 rings (SSSR count). The van der Waals surface area contributed by atoms with Crippen LogP contribution in [0.25, 0.3) is 66.2 Å². The van der Waals surface area contributed by atoms with Crippen LogP contribution in [0.15, 0.2) is 0 Å². The Balaban J connectivity index is 0.000000180. The van der Waals surface area contributed by atoms with Gasteiger partial charge in [0.25, 0.3) is 0 Å². The first-order valence-corrected chi connectivity index (χ1v) is 33.4. The van der Waals surface area contributed by atoms with Crippen molar-refractivity contribution in [3.05, 3.63) is 126 Å². The molecule has 0 aliphatic heterocycles. The van der Waals surface area contributed by atoms with Crippen molar-refractivity contribution in [3.8, 4) is 0 Å². The third kappa shape index (κ3) is 14.9. The van der Waals surface area contributed by atoms with Gasteiger partial charge in [0.15, 0.2) is 11.3 Å². The van der Waals surface area contributed by atoms with Gasteiger partial charge < -0.3 is 22.8 Å². The number of rotatable bonds is 6. The Bertz CT molecular complexity index is 4760. The van der Waals surface area contributed by atoms with Crippen molar-refractivity contribution >= 4 is 66.2 Å². The van der Waals surface area contributed by atoms with E-state index in [2.05, 4.69) is 252 Å². The number of hydrogen-bond acceptors (Lipinski definition) is 14. The van der Waals surface area contributed by atoms with Crippen LogP contribution in [0.2, 0.25) is 0 Å². The predicted octanol–water partition coefficient (Wildman–Crippen LogP) is 18.3. The summed E-state index contributed by atoms with van der Waals surface area (Å²) in [5.41, 5.74) is 27.9. The molecule has 0 N–H and O–H groups in total. The minimum absolute atomic E-state index is 0. The normalized spacial score (nSPS) is 11.5. The second-order valence-corrected chi connectivity index (χ2v) is 27.3. The quantitative estimate of drug-likeness (QED) is 0.152.